The predicted octanol–water partition coefficient (Wildman–Crippen LogP) is 15.2. The van der Waals surface area contributed by atoms with E-state index in [-0.39, 0.29) is 11.2 Å². The van der Waals surface area contributed by atoms with Crippen LogP contribution in [0.1, 0.15) is 27.7 Å². The molecule has 1 fully saturated rings. The van der Waals surface area contributed by atoms with Crippen molar-refractivity contribution in [1.82, 2.24) is 9.97 Å². The van der Waals surface area contributed by atoms with Crippen molar-refractivity contribution in [3.63, 3.8) is 0 Å². The number of furan rings is 2. The molecule has 11 rings (SSSR count). The van der Waals surface area contributed by atoms with Gasteiger partial charge in [-0.25, -0.2) is 0 Å². The molecule has 0 unspecified atom stereocenters. The lowest BCUT2D eigenvalue weighted by Crippen LogP contribution is -2.41. The molecule has 62 heavy (non-hydrogen) atoms. The largest absolute Gasteiger partial charge is 0.498 e. The van der Waals surface area contributed by atoms with Crippen molar-refractivity contribution >= 4 is 104 Å². The van der Waals surface area contributed by atoms with Crippen LogP contribution >= 0.6 is 47.8 Å². The summed E-state index contributed by atoms with van der Waals surface area (Å²) in [5, 5.41) is 4.51. The fraction of sp³-hybridized carbons (Fsp3) is 0.115. The summed E-state index contributed by atoms with van der Waals surface area (Å²) in [4.78, 5) is 8.33. The van der Waals surface area contributed by atoms with Gasteiger partial charge in [0, 0.05) is 81.9 Å². The smallest absolute Gasteiger partial charge is 0.456 e. The van der Waals surface area contributed by atoms with Crippen molar-refractivity contribution in [1.29, 1.82) is 0 Å². The molecule has 0 N–H and O–H groups in total. The maximum absolute atomic E-state index is 6.20. The Bertz CT molecular complexity index is 3170. The van der Waals surface area contributed by atoms with Crippen LogP contribution in [-0.2, 0) is 9.31 Å². The average Bonchev–Trinajstić information content (AvgIpc) is 3.92. The molecular weight excluding hydrogens is 967 g/mol. The van der Waals surface area contributed by atoms with Crippen LogP contribution < -0.4 is 5.46 Å². The molecule has 5 heterocycles. The van der Waals surface area contributed by atoms with Gasteiger partial charge in [-0.1, -0.05) is 133 Å². The Morgan fingerprint density at radius 1 is 0.435 bits per heavy atom. The topological polar surface area (TPSA) is 70.5 Å². The van der Waals surface area contributed by atoms with Crippen molar-refractivity contribution in [2.75, 3.05) is 0 Å². The minimum absolute atomic E-state index is 0.355. The quantitative estimate of drug-likeness (QED) is 0.164. The van der Waals surface area contributed by atoms with E-state index in [4.69, 9.17) is 18.1 Å². The highest BCUT2D eigenvalue weighted by molar-refractivity contribution is 9.11. The van der Waals surface area contributed by atoms with E-state index in [0.717, 1.165) is 96.1 Å². The zero-order chi connectivity index (χ0) is 43.0. The third-order valence-electron chi connectivity index (χ3n) is 11.4. The fourth-order valence-electron chi connectivity index (χ4n) is 7.60. The molecule has 1 saturated heterocycles. The van der Waals surface area contributed by atoms with E-state index in [0.29, 0.717) is 0 Å². The van der Waals surface area contributed by atoms with E-state index >= 15 is 0 Å². The summed E-state index contributed by atoms with van der Waals surface area (Å²) in [5.74, 6) is 0. The van der Waals surface area contributed by atoms with E-state index in [1.54, 1.807) is 12.4 Å². The second kappa shape index (κ2) is 17.4. The van der Waals surface area contributed by atoms with E-state index in [9.17, 15) is 0 Å². The second-order valence-electron chi connectivity index (χ2n) is 16.1. The Kier molecular flexibility index (Phi) is 11.8. The third-order valence-corrected chi connectivity index (χ3v) is 12.8. The van der Waals surface area contributed by atoms with Gasteiger partial charge in [0.05, 0.1) is 11.2 Å². The van der Waals surface area contributed by atoms with Crippen LogP contribution in [0.3, 0.4) is 0 Å². The summed E-state index contributed by atoms with van der Waals surface area (Å²) in [7, 11) is -0.408. The molecular formula is C52H40BBr3N2O4. The summed E-state index contributed by atoms with van der Waals surface area (Å²) < 4.78 is 27.8. The van der Waals surface area contributed by atoms with Gasteiger partial charge >= 0.3 is 7.12 Å². The number of halogens is 3. The fourth-order valence-corrected chi connectivity index (χ4v) is 9.39. The van der Waals surface area contributed by atoms with E-state index in [1.165, 1.54) is 0 Å². The lowest BCUT2D eigenvalue weighted by molar-refractivity contribution is 0.00578. The van der Waals surface area contributed by atoms with Crippen LogP contribution in [0.2, 0.25) is 0 Å². The highest BCUT2D eigenvalue weighted by Gasteiger charge is 2.52. The maximum Gasteiger partial charge on any atom is 0.498 e. The Balaban J connectivity index is 0.000000124. The molecule has 0 radical (unpaired) electrons. The highest BCUT2D eigenvalue weighted by Crippen LogP contribution is 2.40. The van der Waals surface area contributed by atoms with Crippen molar-refractivity contribution in [2.24, 2.45) is 0 Å². The average molecular weight is 1010 g/mol. The molecule has 0 bridgehead atoms. The van der Waals surface area contributed by atoms with Crippen LogP contribution in [-0.4, -0.2) is 28.3 Å². The highest BCUT2D eigenvalue weighted by atomic mass is 79.9. The molecule has 10 heteroatoms. The molecule has 6 aromatic carbocycles. The Morgan fingerprint density at radius 2 is 0.903 bits per heavy atom. The minimum Gasteiger partial charge on any atom is -0.456 e. The monoisotopic (exact) mass is 1000 g/mol. The maximum atomic E-state index is 6.20. The first kappa shape index (κ1) is 42.0. The molecule has 1 aliphatic rings. The van der Waals surface area contributed by atoms with Crippen LogP contribution in [0.25, 0.3) is 77.3 Å². The summed E-state index contributed by atoms with van der Waals surface area (Å²) in [5.41, 5.74) is 10.5. The number of para-hydroxylation sites is 4. The van der Waals surface area contributed by atoms with Crippen LogP contribution in [0.4, 0.5) is 0 Å². The van der Waals surface area contributed by atoms with E-state index < -0.39 is 7.12 Å². The third kappa shape index (κ3) is 8.55. The van der Waals surface area contributed by atoms with Crippen LogP contribution in [0, 0.1) is 0 Å². The predicted molar refractivity (Wildman–Crippen MR) is 265 cm³/mol. The van der Waals surface area contributed by atoms with Gasteiger partial charge in [0.25, 0.3) is 0 Å². The molecule has 1 aliphatic heterocycles. The number of rotatable bonds is 4. The molecule has 0 amide bonds. The lowest BCUT2D eigenvalue weighted by Gasteiger charge is -2.32. The van der Waals surface area contributed by atoms with E-state index in [2.05, 4.69) is 158 Å². The van der Waals surface area contributed by atoms with Gasteiger partial charge in [0.15, 0.2) is 0 Å². The first-order chi connectivity index (χ1) is 29.9. The first-order valence-corrected chi connectivity index (χ1v) is 22.6. The van der Waals surface area contributed by atoms with Crippen molar-refractivity contribution in [3.05, 3.63) is 184 Å². The molecule has 0 saturated carbocycles. The van der Waals surface area contributed by atoms with Crippen LogP contribution in [0.15, 0.2) is 193 Å². The standard InChI is InChI=1S/C23H14BrNO.C18H19BO3.C11H7Br2N/c24-18-12-16(15-5-4-10-25-14-15)11-17(13-18)19-7-3-8-21-20-6-1-2-9-22(20)26-23(19)21;1-17(2)18(3,4)22-19(21-17)14-10-7-9-13-12-8-5-6-11-15(12)20-16(13)14;12-10-4-9(5-11(13)6-10)8-2-1-3-14-7-8/h1-14H;5-11H,1-4H3;1-7H. The van der Waals surface area contributed by atoms with Gasteiger partial charge in [-0.15, -0.1) is 0 Å². The summed E-state index contributed by atoms with van der Waals surface area (Å²) >= 11 is 10.6. The van der Waals surface area contributed by atoms with Crippen molar-refractivity contribution < 1.29 is 18.1 Å². The molecule has 6 nitrogen and oxygen atoms in total. The number of nitrogens with zero attached hydrogens (tertiary/aromatic N) is 2. The SMILES string of the molecule is Brc1cc(-c2cccnc2)cc(-c2cccc3c2oc2ccccc23)c1.Brc1cc(Br)cc(-c2cccnc2)c1.CC1(C)OB(c2cccc3c2oc2ccccc23)OC1(C)C. The van der Waals surface area contributed by atoms with Gasteiger partial charge in [-0.3, -0.25) is 9.97 Å². The van der Waals surface area contributed by atoms with Crippen LogP contribution in [0.5, 0.6) is 0 Å². The van der Waals surface area contributed by atoms with Gasteiger partial charge in [-0.05, 0) is 105 Å². The molecule has 306 valence electrons. The molecule has 10 aromatic rings. The Labute approximate surface area is 385 Å². The number of hydrogen-bond acceptors (Lipinski definition) is 6. The zero-order valence-corrected chi connectivity index (χ0v) is 39.2. The number of hydrogen-bond donors (Lipinski definition) is 0. The number of benzene rings is 6. The summed E-state index contributed by atoms with van der Waals surface area (Å²) in [6, 6.07) is 49.3. The van der Waals surface area contributed by atoms with Gasteiger partial charge < -0.3 is 18.1 Å². The second-order valence-corrected chi connectivity index (χ2v) is 18.8. The Hall–Kier alpha value is -5.36. The van der Waals surface area contributed by atoms with Gasteiger partial charge in [0.1, 0.15) is 22.3 Å². The normalized spacial score (nSPS) is 14.1. The minimum atomic E-state index is -0.408. The van der Waals surface area contributed by atoms with Crippen molar-refractivity contribution in [2.45, 2.75) is 38.9 Å². The summed E-state index contributed by atoms with van der Waals surface area (Å²) in [6.45, 7) is 8.25. The lowest BCUT2D eigenvalue weighted by atomic mass is 9.78. The molecule has 0 spiro atoms. The van der Waals surface area contributed by atoms with Gasteiger partial charge in [0.2, 0.25) is 0 Å². The number of fused-ring (bicyclic) bond motifs is 6. The molecule has 0 aliphatic carbocycles. The first-order valence-electron chi connectivity index (χ1n) is 20.2. The number of pyridine rings is 2. The van der Waals surface area contributed by atoms with E-state index in [1.807, 2.05) is 85.2 Å². The molecule has 0 atom stereocenters. The number of aromatic nitrogens is 2. The van der Waals surface area contributed by atoms with Crippen molar-refractivity contribution in [3.8, 4) is 33.4 Å². The molecule has 4 aromatic heterocycles. The zero-order valence-electron chi connectivity index (χ0n) is 34.4. The Morgan fingerprint density at radius 3 is 1.47 bits per heavy atom. The summed E-state index contributed by atoms with van der Waals surface area (Å²) in [6.07, 6.45) is 7.30. The van der Waals surface area contributed by atoms with Gasteiger partial charge in [-0.2, -0.15) is 0 Å².